The van der Waals surface area contributed by atoms with Crippen LogP contribution in [-0.2, 0) is 0 Å². The topological polar surface area (TPSA) is 13.1 Å². The maximum atomic E-state index is 5.83. The van der Waals surface area contributed by atoms with Gasteiger partial charge in [0.1, 0.15) is 5.58 Å². The first-order valence-corrected chi connectivity index (χ1v) is 7.85. The molecule has 1 nitrogen and oxygen atoms in total. The van der Waals surface area contributed by atoms with Gasteiger partial charge in [-0.2, -0.15) is 0 Å². The molecule has 2 heteroatoms. The fourth-order valence-electron chi connectivity index (χ4n) is 3.01. The molecule has 2 aromatic carbocycles. The summed E-state index contributed by atoms with van der Waals surface area (Å²) in [6.07, 6.45) is 11.6. The Labute approximate surface area is 131 Å². The third-order valence-electron chi connectivity index (χ3n) is 3.95. The minimum absolute atomic E-state index is 0.408. The van der Waals surface area contributed by atoms with E-state index < -0.39 is 0 Å². The van der Waals surface area contributed by atoms with Crippen molar-refractivity contribution >= 4 is 44.3 Å². The average Bonchev–Trinajstić information content (AvgIpc) is 2.98. The molecule has 4 rings (SSSR count). The van der Waals surface area contributed by atoms with E-state index in [1.165, 1.54) is 25.3 Å². The van der Waals surface area contributed by atoms with Gasteiger partial charge in [0.2, 0.25) is 0 Å². The lowest BCUT2D eigenvalue weighted by Gasteiger charge is -2.17. The smallest absolute Gasteiger partial charge is 0.139 e. The Kier molecular flexibility index (Phi) is 2.91. The Balaban J connectivity index is 2.12. The van der Waals surface area contributed by atoms with Crippen LogP contribution in [0.3, 0.4) is 0 Å². The number of hydrogen-bond acceptors (Lipinski definition) is 1. The molecular formula is C18H13IO. The Morgan fingerprint density at radius 2 is 1.85 bits per heavy atom. The fourth-order valence-corrected chi connectivity index (χ4v) is 4.13. The first kappa shape index (κ1) is 12.2. The maximum absolute atomic E-state index is 5.83. The number of benzene rings is 2. The van der Waals surface area contributed by atoms with Crippen molar-refractivity contribution in [2.75, 3.05) is 0 Å². The molecule has 0 aliphatic heterocycles. The van der Waals surface area contributed by atoms with E-state index >= 15 is 0 Å². The molecule has 0 N–H and O–H groups in total. The van der Waals surface area contributed by atoms with Gasteiger partial charge in [-0.25, -0.2) is 0 Å². The Morgan fingerprint density at radius 3 is 2.65 bits per heavy atom. The molecule has 1 aliphatic rings. The predicted molar refractivity (Wildman–Crippen MR) is 92.1 cm³/mol. The molecule has 1 heterocycles. The van der Waals surface area contributed by atoms with Crippen LogP contribution in [0.25, 0.3) is 21.7 Å². The standard InChI is InChI=1S/C18H13IO/c19-17-14-9-5-4-8-13(14)15-10-11-20-18(15)16(17)12-6-2-1-3-7-12/h1-6,8-12H,7H2. The van der Waals surface area contributed by atoms with Gasteiger partial charge >= 0.3 is 0 Å². The monoisotopic (exact) mass is 372 g/mol. The Hall–Kier alpha value is -1.55. The van der Waals surface area contributed by atoms with Crippen molar-refractivity contribution in [3.63, 3.8) is 0 Å². The number of hydrogen-bond donors (Lipinski definition) is 0. The third-order valence-corrected chi connectivity index (χ3v) is 5.11. The summed E-state index contributed by atoms with van der Waals surface area (Å²) in [7, 11) is 0. The molecule has 1 aromatic heterocycles. The first-order chi connectivity index (χ1) is 9.86. The van der Waals surface area contributed by atoms with E-state index in [4.69, 9.17) is 4.42 Å². The van der Waals surface area contributed by atoms with E-state index in [2.05, 4.69) is 77.2 Å². The van der Waals surface area contributed by atoms with E-state index in [0.29, 0.717) is 5.92 Å². The van der Waals surface area contributed by atoms with E-state index in [1.807, 2.05) is 0 Å². The number of allylic oxidation sites excluding steroid dienone is 4. The van der Waals surface area contributed by atoms with Crippen molar-refractivity contribution in [2.45, 2.75) is 12.3 Å². The minimum atomic E-state index is 0.408. The van der Waals surface area contributed by atoms with E-state index in [0.717, 1.165) is 12.0 Å². The summed E-state index contributed by atoms with van der Waals surface area (Å²) in [5.74, 6) is 0.408. The highest BCUT2D eigenvalue weighted by molar-refractivity contribution is 14.1. The lowest BCUT2D eigenvalue weighted by molar-refractivity contribution is 0.607. The highest BCUT2D eigenvalue weighted by Crippen LogP contribution is 2.40. The van der Waals surface area contributed by atoms with Crippen LogP contribution in [0.2, 0.25) is 0 Å². The SMILES string of the molecule is Ic1c(C2C=CC=CC2)c2occc2c2ccccc12. The second-order valence-corrected chi connectivity index (χ2v) is 6.17. The summed E-state index contributed by atoms with van der Waals surface area (Å²) < 4.78 is 7.14. The molecule has 98 valence electrons. The molecule has 0 saturated carbocycles. The highest BCUT2D eigenvalue weighted by Gasteiger charge is 2.20. The predicted octanol–water partition coefficient (Wildman–Crippen LogP) is 5.79. The number of halogens is 1. The number of furan rings is 1. The molecular weight excluding hydrogens is 359 g/mol. The number of rotatable bonds is 1. The van der Waals surface area contributed by atoms with Crippen LogP contribution in [0, 0.1) is 3.57 Å². The van der Waals surface area contributed by atoms with Gasteiger partial charge in [0, 0.05) is 20.4 Å². The molecule has 0 spiro atoms. The van der Waals surface area contributed by atoms with E-state index in [1.54, 1.807) is 6.26 Å². The summed E-state index contributed by atoms with van der Waals surface area (Å²) in [5.41, 5.74) is 2.36. The number of fused-ring (bicyclic) bond motifs is 3. The van der Waals surface area contributed by atoms with Crippen molar-refractivity contribution in [1.29, 1.82) is 0 Å². The summed E-state index contributed by atoms with van der Waals surface area (Å²) in [5, 5.41) is 3.82. The van der Waals surface area contributed by atoms with E-state index in [-0.39, 0.29) is 0 Å². The van der Waals surface area contributed by atoms with Crippen LogP contribution in [0.1, 0.15) is 17.9 Å². The highest BCUT2D eigenvalue weighted by atomic mass is 127. The molecule has 0 fully saturated rings. The zero-order valence-electron chi connectivity index (χ0n) is 10.8. The van der Waals surface area contributed by atoms with Crippen LogP contribution in [0.15, 0.2) is 65.3 Å². The lowest BCUT2D eigenvalue weighted by atomic mass is 9.89. The van der Waals surface area contributed by atoms with Gasteiger partial charge in [-0.3, -0.25) is 0 Å². The molecule has 1 aliphatic carbocycles. The summed E-state index contributed by atoms with van der Waals surface area (Å²) in [4.78, 5) is 0. The van der Waals surface area contributed by atoms with Gasteiger partial charge in [-0.15, -0.1) is 0 Å². The summed E-state index contributed by atoms with van der Waals surface area (Å²) in [6.45, 7) is 0. The largest absolute Gasteiger partial charge is 0.464 e. The molecule has 0 radical (unpaired) electrons. The molecule has 3 aromatic rings. The maximum Gasteiger partial charge on any atom is 0.139 e. The zero-order valence-corrected chi connectivity index (χ0v) is 13.0. The summed E-state index contributed by atoms with van der Waals surface area (Å²) in [6, 6.07) is 10.7. The zero-order chi connectivity index (χ0) is 13.5. The Bertz CT molecular complexity index is 854. The fraction of sp³-hybridized carbons (Fsp3) is 0.111. The van der Waals surface area contributed by atoms with Crippen molar-refractivity contribution in [1.82, 2.24) is 0 Å². The van der Waals surface area contributed by atoms with Crippen LogP contribution < -0.4 is 0 Å². The van der Waals surface area contributed by atoms with Crippen molar-refractivity contribution in [2.24, 2.45) is 0 Å². The second-order valence-electron chi connectivity index (χ2n) is 5.09. The van der Waals surface area contributed by atoms with Gasteiger partial charge in [-0.05, 0) is 45.9 Å². The summed E-state index contributed by atoms with van der Waals surface area (Å²) >= 11 is 2.47. The van der Waals surface area contributed by atoms with Crippen LogP contribution >= 0.6 is 22.6 Å². The average molecular weight is 372 g/mol. The van der Waals surface area contributed by atoms with Crippen molar-refractivity contribution in [3.8, 4) is 0 Å². The van der Waals surface area contributed by atoms with Gasteiger partial charge < -0.3 is 4.42 Å². The van der Waals surface area contributed by atoms with Gasteiger partial charge in [-0.1, -0.05) is 48.6 Å². The molecule has 1 atom stereocenters. The Morgan fingerprint density at radius 1 is 1.00 bits per heavy atom. The molecule has 1 unspecified atom stereocenters. The first-order valence-electron chi connectivity index (χ1n) is 6.77. The molecule has 0 amide bonds. The third kappa shape index (κ3) is 1.74. The molecule has 0 saturated heterocycles. The van der Waals surface area contributed by atoms with Gasteiger partial charge in [0.15, 0.2) is 0 Å². The van der Waals surface area contributed by atoms with Crippen molar-refractivity contribution < 1.29 is 4.42 Å². The minimum Gasteiger partial charge on any atom is -0.464 e. The van der Waals surface area contributed by atoms with Crippen LogP contribution in [0.4, 0.5) is 0 Å². The normalized spacial score (nSPS) is 18.1. The van der Waals surface area contributed by atoms with Crippen LogP contribution in [-0.4, -0.2) is 0 Å². The van der Waals surface area contributed by atoms with Crippen LogP contribution in [0.5, 0.6) is 0 Å². The quantitative estimate of drug-likeness (QED) is 0.493. The lowest BCUT2D eigenvalue weighted by Crippen LogP contribution is -2.00. The molecule has 0 bridgehead atoms. The van der Waals surface area contributed by atoms with Crippen molar-refractivity contribution in [3.05, 3.63) is 70.0 Å². The molecule has 20 heavy (non-hydrogen) atoms. The van der Waals surface area contributed by atoms with Gasteiger partial charge in [0.05, 0.1) is 6.26 Å². The van der Waals surface area contributed by atoms with E-state index in [9.17, 15) is 0 Å². The van der Waals surface area contributed by atoms with Gasteiger partial charge in [0.25, 0.3) is 0 Å². The second kappa shape index (κ2) is 4.77.